The molecular weight excluding hydrogens is 378 g/mol. The number of aromatic nitrogens is 3. The molecule has 0 spiro atoms. The van der Waals surface area contributed by atoms with E-state index in [1.165, 1.54) is 48.3 Å². The van der Waals surface area contributed by atoms with Crippen molar-refractivity contribution < 1.29 is 0 Å². The van der Waals surface area contributed by atoms with Gasteiger partial charge in [0.2, 0.25) is 0 Å². The van der Waals surface area contributed by atoms with E-state index in [9.17, 15) is 0 Å². The van der Waals surface area contributed by atoms with E-state index in [4.69, 9.17) is 4.98 Å². The van der Waals surface area contributed by atoms with Crippen molar-refractivity contribution in [2.24, 2.45) is 0 Å². The Morgan fingerprint density at radius 1 is 1.03 bits per heavy atom. The normalized spacial score (nSPS) is 16.4. The van der Waals surface area contributed by atoms with Crippen LogP contribution in [0.4, 0.5) is 11.6 Å². The third kappa shape index (κ3) is 3.18. The van der Waals surface area contributed by atoms with E-state index in [0.29, 0.717) is 12.1 Å². The Morgan fingerprint density at radius 2 is 1.72 bits per heavy atom. The van der Waals surface area contributed by atoms with Crippen LogP contribution < -0.4 is 9.80 Å². The zero-order valence-corrected chi connectivity index (χ0v) is 18.8. The van der Waals surface area contributed by atoms with Crippen molar-refractivity contribution in [3.63, 3.8) is 0 Å². The van der Waals surface area contributed by atoms with E-state index >= 15 is 0 Å². The van der Waals surface area contributed by atoms with Crippen molar-refractivity contribution in [2.75, 3.05) is 30.2 Å². The average molecular weight is 408 g/mol. The molecule has 152 valence electrons. The third-order valence-corrected chi connectivity index (χ3v) is 6.73. The summed E-state index contributed by atoms with van der Waals surface area (Å²) in [5.41, 5.74) is 5.85. The fraction of sp³-hybridized carbons (Fsp3) is 0.478. The van der Waals surface area contributed by atoms with Crippen LogP contribution in [-0.2, 0) is 0 Å². The summed E-state index contributed by atoms with van der Waals surface area (Å²) in [4.78, 5) is 14.6. The van der Waals surface area contributed by atoms with Gasteiger partial charge >= 0.3 is 0 Å². The SMILES string of the molecule is CSc1nc2c(-c3cnc(N(C)C)cc3C)ccc(C)n2c1N(C1CC1)C1CC1. The van der Waals surface area contributed by atoms with Gasteiger partial charge in [0.25, 0.3) is 0 Å². The lowest BCUT2D eigenvalue weighted by molar-refractivity contribution is 0.754. The second-order valence-corrected chi connectivity index (χ2v) is 9.41. The van der Waals surface area contributed by atoms with E-state index in [-0.39, 0.29) is 0 Å². The maximum Gasteiger partial charge on any atom is 0.148 e. The zero-order valence-electron chi connectivity index (χ0n) is 17.9. The molecule has 2 fully saturated rings. The minimum absolute atomic E-state index is 0.694. The van der Waals surface area contributed by atoms with Gasteiger partial charge < -0.3 is 9.80 Å². The molecule has 0 aromatic carbocycles. The Labute approximate surface area is 177 Å². The van der Waals surface area contributed by atoms with Crippen molar-refractivity contribution in [1.29, 1.82) is 0 Å². The maximum atomic E-state index is 5.15. The van der Waals surface area contributed by atoms with Gasteiger partial charge in [-0.05, 0) is 69.5 Å². The molecule has 2 aliphatic carbocycles. The Hall–Kier alpha value is -2.21. The summed E-state index contributed by atoms with van der Waals surface area (Å²) in [6.07, 6.45) is 9.40. The Balaban J connectivity index is 1.72. The predicted octanol–water partition coefficient (Wildman–Crippen LogP) is 4.93. The van der Waals surface area contributed by atoms with Gasteiger partial charge in [-0.25, -0.2) is 9.97 Å². The molecule has 3 aromatic heterocycles. The molecule has 3 aromatic rings. The molecule has 0 radical (unpaired) electrons. The van der Waals surface area contributed by atoms with E-state index in [1.807, 2.05) is 25.2 Å². The second-order valence-electron chi connectivity index (χ2n) is 8.61. The number of imidazole rings is 1. The quantitative estimate of drug-likeness (QED) is 0.542. The fourth-order valence-corrected chi connectivity index (χ4v) is 4.81. The van der Waals surface area contributed by atoms with Gasteiger partial charge in [-0.3, -0.25) is 4.40 Å². The first-order chi connectivity index (χ1) is 14.0. The Bertz CT molecular complexity index is 1070. The first kappa shape index (κ1) is 18.8. The van der Waals surface area contributed by atoms with Crippen LogP contribution in [0.5, 0.6) is 0 Å². The number of anilines is 2. The first-order valence-corrected chi connectivity index (χ1v) is 11.7. The Morgan fingerprint density at radius 3 is 2.28 bits per heavy atom. The molecule has 0 amide bonds. The second kappa shape index (κ2) is 6.94. The summed E-state index contributed by atoms with van der Waals surface area (Å²) < 4.78 is 2.40. The highest BCUT2D eigenvalue weighted by Gasteiger charge is 2.42. The molecule has 0 N–H and O–H groups in total. The van der Waals surface area contributed by atoms with Gasteiger partial charge in [-0.15, -0.1) is 11.8 Å². The molecule has 5 nitrogen and oxygen atoms in total. The standard InChI is InChI=1S/C23H29N5S/c1-14-12-20(26(3)4)24-13-19(14)18-11-6-15(2)27-21(18)25-22(29-5)23(27)28(16-7-8-16)17-9-10-17/h6,11-13,16-17H,7-10H2,1-5H3. The summed E-state index contributed by atoms with van der Waals surface area (Å²) in [5, 5.41) is 1.15. The minimum atomic E-state index is 0.694. The minimum Gasteiger partial charge on any atom is -0.363 e. The van der Waals surface area contributed by atoms with Gasteiger partial charge in [0, 0.05) is 49.2 Å². The van der Waals surface area contributed by atoms with Crippen molar-refractivity contribution in [3.8, 4) is 11.1 Å². The number of hydrogen-bond donors (Lipinski definition) is 0. The molecule has 0 unspecified atom stereocenters. The number of rotatable bonds is 6. The van der Waals surface area contributed by atoms with Gasteiger partial charge in [0.15, 0.2) is 0 Å². The fourth-order valence-electron chi connectivity index (χ4n) is 4.25. The van der Waals surface area contributed by atoms with Crippen molar-refractivity contribution in [1.82, 2.24) is 14.4 Å². The lowest BCUT2D eigenvalue weighted by Gasteiger charge is -2.25. The van der Waals surface area contributed by atoms with Gasteiger partial charge in [0.1, 0.15) is 22.3 Å². The Kier molecular flexibility index (Phi) is 4.50. The highest BCUT2D eigenvalue weighted by Crippen LogP contribution is 2.45. The van der Waals surface area contributed by atoms with E-state index < -0.39 is 0 Å². The van der Waals surface area contributed by atoms with E-state index in [2.05, 4.69) is 52.6 Å². The molecule has 0 aliphatic heterocycles. The van der Waals surface area contributed by atoms with Crippen molar-refractivity contribution in [3.05, 3.63) is 35.7 Å². The number of hydrogen-bond acceptors (Lipinski definition) is 5. The van der Waals surface area contributed by atoms with Crippen LogP contribution >= 0.6 is 11.8 Å². The van der Waals surface area contributed by atoms with Crippen LogP contribution in [0.15, 0.2) is 29.4 Å². The number of fused-ring (bicyclic) bond motifs is 1. The van der Waals surface area contributed by atoms with E-state index in [1.54, 1.807) is 11.8 Å². The van der Waals surface area contributed by atoms with Gasteiger partial charge in [0.05, 0.1) is 0 Å². The predicted molar refractivity (Wildman–Crippen MR) is 123 cm³/mol. The maximum absolute atomic E-state index is 5.15. The number of pyridine rings is 2. The lowest BCUT2D eigenvalue weighted by Crippen LogP contribution is -2.30. The smallest absolute Gasteiger partial charge is 0.148 e. The van der Waals surface area contributed by atoms with Crippen LogP contribution in [0.25, 0.3) is 16.8 Å². The highest BCUT2D eigenvalue weighted by atomic mass is 32.2. The summed E-state index contributed by atoms with van der Waals surface area (Å²) in [5.74, 6) is 2.30. The number of thioether (sulfide) groups is 1. The molecule has 29 heavy (non-hydrogen) atoms. The van der Waals surface area contributed by atoms with Gasteiger partial charge in [-0.2, -0.15) is 0 Å². The van der Waals surface area contributed by atoms with Crippen LogP contribution in [0.1, 0.15) is 36.9 Å². The van der Waals surface area contributed by atoms with Crippen molar-refractivity contribution >= 4 is 29.0 Å². The number of nitrogens with zero attached hydrogens (tertiary/aromatic N) is 5. The van der Waals surface area contributed by atoms with Crippen LogP contribution in [0, 0.1) is 13.8 Å². The molecule has 3 heterocycles. The van der Waals surface area contributed by atoms with Crippen molar-refractivity contribution in [2.45, 2.75) is 56.6 Å². The first-order valence-electron chi connectivity index (χ1n) is 10.5. The summed E-state index contributed by atoms with van der Waals surface area (Å²) in [6, 6.07) is 7.99. The molecule has 5 rings (SSSR count). The van der Waals surface area contributed by atoms with Crippen LogP contribution in [0.3, 0.4) is 0 Å². The molecule has 0 atom stereocenters. The zero-order chi connectivity index (χ0) is 20.3. The molecule has 6 heteroatoms. The van der Waals surface area contributed by atoms with Crippen LogP contribution in [0.2, 0.25) is 0 Å². The summed E-state index contributed by atoms with van der Waals surface area (Å²) in [7, 11) is 4.06. The monoisotopic (exact) mass is 407 g/mol. The molecule has 2 saturated carbocycles. The lowest BCUT2D eigenvalue weighted by atomic mass is 10.0. The largest absolute Gasteiger partial charge is 0.363 e. The van der Waals surface area contributed by atoms with Gasteiger partial charge in [-0.1, -0.05) is 0 Å². The summed E-state index contributed by atoms with van der Waals surface area (Å²) in [6.45, 7) is 4.37. The number of aryl methyl sites for hydroxylation is 2. The van der Waals surface area contributed by atoms with E-state index in [0.717, 1.165) is 22.1 Å². The average Bonchev–Trinajstić information content (AvgIpc) is 3.61. The molecular formula is C23H29N5S. The highest BCUT2D eigenvalue weighted by molar-refractivity contribution is 7.98. The topological polar surface area (TPSA) is 36.7 Å². The third-order valence-electron chi connectivity index (χ3n) is 6.07. The summed E-state index contributed by atoms with van der Waals surface area (Å²) >= 11 is 1.77. The molecule has 0 saturated heterocycles. The molecule has 2 aliphatic rings. The van der Waals surface area contributed by atoms with Crippen LogP contribution in [-0.4, -0.2) is 46.8 Å². The molecule has 0 bridgehead atoms.